The average molecular weight is 509 g/mol. The quantitative estimate of drug-likeness (QED) is 0.157. The molecule has 5 rings (SSSR count). The van der Waals surface area contributed by atoms with Gasteiger partial charge in [-0.1, -0.05) is 60.7 Å². The molecule has 4 aromatic rings. The van der Waals surface area contributed by atoms with Gasteiger partial charge in [-0.3, -0.25) is 0 Å². The second-order valence-electron chi connectivity index (χ2n) is 7.48. The fourth-order valence-electron chi connectivity index (χ4n) is 3.67. The summed E-state index contributed by atoms with van der Waals surface area (Å²) < 4.78 is 2.14. The van der Waals surface area contributed by atoms with Crippen LogP contribution in [0.25, 0.3) is 10.9 Å². The van der Waals surface area contributed by atoms with E-state index in [0.717, 1.165) is 34.9 Å². The molecule has 1 aliphatic rings. The van der Waals surface area contributed by atoms with Crippen molar-refractivity contribution in [1.29, 1.82) is 0 Å². The van der Waals surface area contributed by atoms with E-state index in [4.69, 9.17) is 10.1 Å². The summed E-state index contributed by atoms with van der Waals surface area (Å²) in [6.45, 7) is 0. The number of nitrogens with zero attached hydrogens (tertiary/aromatic N) is 3. The van der Waals surface area contributed by atoms with E-state index < -0.39 is 0 Å². The van der Waals surface area contributed by atoms with Crippen LogP contribution in [0.3, 0.4) is 0 Å². The first kappa shape index (κ1) is 19.0. The van der Waals surface area contributed by atoms with Crippen LogP contribution in [0.1, 0.15) is 29.7 Å². The molecule has 0 bridgehead atoms. The number of hydrogen-bond acceptors (Lipinski definition) is 2. The Balaban J connectivity index is 1.63. The summed E-state index contributed by atoms with van der Waals surface area (Å²) in [6.07, 6.45) is 4.37. The van der Waals surface area contributed by atoms with Crippen LogP contribution >= 0.6 is 28.4 Å². The standard InChI is InChI=1S/C24H21IN3P/c25-29-28-23-14-13-20(16-21(23)22(27-28)15-17-11-12-17)26-24(18-7-3-1-4-8-18)19-9-5-2-6-10-19/h1-10,13-14,16-17,29H,11-12,15H2. The third-order valence-corrected chi connectivity index (χ3v) is 7.21. The molecule has 1 heterocycles. The number of benzene rings is 3. The van der Waals surface area contributed by atoms with Gasteiger partial charge in [0.25, 0.3) is 0 Å². The molecule has 0 N–H and O–H groups in total. The van der Waals surface area contributed by atoms with E-state index in [1.165, 1.54) is 29.4 Å². The van der Waals surface area contributed by atoms with Crippen LogP contribution in [0, 0.1) is 5.92 Å². The predicted octanol–water partition coefficient (Wildman–Crippen LogP) is 6.95. The molecule has 0 radical (unpaired) electrons. The minimum Gasteiger partial charge on any atom is -0.248 e. The summed E-state index contributed by atoms with van der Waals surface area (Å²) in [5, 5.41) is 6.15. The number of aromatic nitrogens is 2. The molecule has 0 aliphatic heterocycles. The van der Waals surface area contributed by atoms with Crippen LogP contribution in [0.15, 0.2) is 83.9 Å². The van der Waals surface area contributed by atoms with Gasteiger partial charge in [-0.2, -0.15) is 5.10 Å². The first-order valence-electron chi connectivity index (χ1n) is 9.89. The van der Waals surface area contributed by atoms with Gasteiger partial charge >= 0.3 is 0 Å². The van der Waals surface area contributed by atoms with Crippen LogP contribution in [0.5, 0.6) is 0 Å². The van der Waals surface area contributed by atoms with Gasteiger partial charge in [0.2, 0.25) is 0 Å². The molecule has 1 aliphatic carbocycles. The van der Waals surface area contributed by atoms with E-state index in [-0.39, 0.29) is 0 Å². The lowest BCUT2D eigenvalue weighted by atomic mass is 10.0. The Bertz CT molecular complexity index is 1120. The third kappa shape index (κ3) is 4.15. The van der Waals surface area contributed by atoms with E-state index in [9.17, 15) is 0 Å². The molecule has 144 valence electrons. The zero-order chi connectivity index (χ0) is 19.6. The van der Waals surface area contributed by atoms with Crippen LogP contribution in [0.4, 0.5) is 5.69 Å². The Labute approximate surface area is 185 Å². The van der Waals surface area contributed by atoms with Gasteiger partial charge in [-0.15, -0.1) is 0 Å². The molecule has 3 aromatic carbocycles. The Morgan fingerprint density at radius 3 is 2.21 bits per heavy atom. The van der Waals surface area contributed by atoms with Crippen molar-refractivity contribution in [2.45, 2.75) is 19.3 Å². The van der Waals surface area contributed by atoms with E-state index >= 15 is 0 Å². The van der Waals surface area contributed by atoms with Crippen molar-refractivity contribution in [1.82, 2.24) is 9.55 Å². The van der Waals surface area contributed by atoms with Crippen LogP contribution in [0.2, 0.25) is 0 Å². The molecule has 1 fully saturated rings. The molecule has 29 heavy (non-hydrogen) atoms. The summed E-state index contributed by atoms with van der Waals surface area (Å²) in [5.74, 6) is 0.815. The van der Waals surface area contributed by atoms with Gasteiger partial charge < -0.3 is 0 Å². The third-order valence-electron chi connectivity index (χ3n) is 5.33. The Morgan fingerprint density at radius 1 is 0.966 bits per heavy atom. The zero-order valence-electron chi connectivity index (χ0n) is 15.9. The largest absolute Gasteiger partial charge is 0.248 e. The molecule has 3 nitrogen and oxygen atoms in total. The zero-order valence-corrected chi connectivity index (χ0v) is 19.1. The van der Waals surface area contributed by atoms with Gasteiger partial charge in [0, 0.05) is 16.5 Å². The fraction of sp³-hybridized carbons (Fsp3) is 0.167. The lowest BCUT2D eigenvalue weighted by molar-refractivity contribution is 0.794. The molecular formula is C24H21IN3P. The Hall–Kier alpha value is -2.04. The second-order valence-corrected chi connectivity index (χ2v) is 9.52. The molecule has 1 aromatic heterocycles. The Morgan fingerprint density at radius 2 is 1.62 bits per heavy atom. The Kier molecular flexibility index (Phi) is 5.47. The molecule has 0 amide bonds. The SMILES string of the molecule is IPn1nc(CC2CC2)c2cc(N=C(c3ccccc3)c3ccccc3)ccc21. The summed E-state index contributed by atoms with van der Waals surface area (Å²) in [5.41, 5.74) is 6.67. The first-order chi connectivity index (χ1) is 14.3. The topological polar surface area (TPSA) is 30.2 Å². The van der Waals surface area contributed by atoms with Crippen molar-refractivity contribution in [3.8, 4) is 0 Å². The molecule has 1 atom stereocenters. The van der Waals surface area contributed by atoms with Gasteiger partial charge in [0.15, 0.2) is 0 Å². The van der Waals surface area contributed by atoms with Gasteiger partial charge in [0.05, 0.1) is 29.0 Å². The van der Waals surface area contributed by atoms with Crippen LogP contribution in [-0.4, -0.2) is 15.3 Å². The number of fused-ring (bicyclic) bond motifs is 1. The minimum atomic E-state index is 0.609. The summed E-state index contributed by atoms with van der Waals surface area (Å²) in [7, 11) is 0. The van der Waals surface area contributed by atoms with Crippen molar-refractivity contribution in [2.24, 2.45) is 10.9 Å². The average Bonchev–Trinajstić information content (AvgIpc) is 3.53. The molecule has 1 unspecified atom stereocenters. The van der Waals surface area contributed by atoms with Crippen LogP contribution in [-0.2, 0) is 6.42 Å². The molecule has 1 saturated carbocycles. The van der Waals surface area contributed by atoms with Crippen molar-refractivity contribution in [3.05, 3.63) is 95.7 Å². The van der Waals surface area contributed by atoms with Crippen molar-refractivity contribution in [2.75, 3.05) is 0 Å². The van der Waals surface area contributed by atoms with E-state index in [1.807, 2.05) is 12.1 Å². The number of aliphatic imine (C=N–C) groups is 1. The molecule has 0 saturated heterocycles. The highest BCUT2D eigenvalue weighted by atomic mass is 127. The van der Waals surface area contributed by atoms with Crippen molar-refractivity contribution < 1.29 is 0 Å². The molecule has 0 spiro atoms. The van der Waals surface area contributed by atoms with E-state index in [1.54, 1.807) is 0 Å². The first-order valence-corrected chi connectivity index (χ1v) is 14.0. The second kappa shape index (κ2) is 8.37. The molecular weight excluding hydrogens is 488 g/mol. The minimum absolute atomic E-state index is 0.609. The van der Waals surface area contributed by atoms with E-state index in [2.05, 4.69) is 93.2 Å². The van der Waals surface area contributed by atoms with Gasteiger partial charge in [-0.25, -0.2) is 9.44 Å². The number of hydrogen-bond donors (Lipinski definition) is 0. The van der Waals surface area contributed by atoms with Gasteiger partial charge in [-0.05, 0) is 65.4 Å². The smallest absolute Gasteiger partial charge is 0.0781 e. The summed E-state index contributed by atoms with van der Waals surface area (Å²) in [6, 6.07) is 27.4. The number of halogens is 1. The maximum Gasteiger partial charge on any atom is 0.0781 e. The number of rotatable bonds is 6. The van der Waals surface area contributed by atoms with Gasteiger partial charge in [0.1, 0.15) is 0 Å². The maximum atomic E-state index is 5.10. The summed E-state index contributed by atoms with van der Waals surface area (Å²) in [4.78, 5) is 5.10. The lowest BCUT2D eigenvalue weighted by Gasteiger charge is -2.08. The monoisotopic (exact) mass is 509 g/mol. The normalized spacial score (nSPS) is 14.0. The highest BCUT2D eigenvalue weighted by molar-refractivity contribution is 14.2. The van der Waals surface area contributed by atoms with Crippen LogP contribution < -0.4 is 0 Å². The van der Waals surface area contributed by atoms with Crippen molar-refractivity contribution >= 4 is 50.7 Å². The maximum absolute atomic E-state index is 5.10. The fourth-order valence-corrected chi connectivity index (χ4v) is 5.21. The highest BCUT2D eigenvalue weighted by Crippen LogP contribution is 2.37. The predicted molar refractivity (Wildman–Crippen MR) is 132 cm³/mol. The summed E-state index contributed by atoms with van der Waals surface area (Å²) >= 11 is 2.41. The highest BCUT2D eigenvalue weighted by Gasteiger charge is 2.24. The van der Waals surface area contributed by atoms with Crippen molar-refractivity contribution in [3.63, 3.8) is 0 Å². The molecule has 5 heteroatoms. The lowest BCUT2D eigenvalue weighted by Crippen LogP contribution is -2.02. The van der Waals surface area contributed by atoms with E-state index in [0.29, 0.717) is 6.37 Å².